The summed E-state index contributed by atoms with van der Waals surface area (Å²) in [4.78, 5) is 12.2. The van der Waals surface area contributed by atoms with Gasteiger partial charge in [0, 0.05) is 3.92 Å². The zero-order valence-corrected chi connectivity index (χ0v) is 22.3. The molecule has 4 atom stereocenters. The molecule has 0 bridgehead atoms. The van der Waals surface area contributed by atoms with Crippen LogP contribution in [0, 0.1) is 5.92 Å². The number of cyclic esters (lactones) is 1. The topological polar surface area (TPSA) is 44.8 Å². The van der Waals surface area contributed by atoms with E-state index in [4.69, 9.17) is 13.9 Å². The highest BCUT2D eigenvalue weighted by molar-refractivity contribution is 14.1. The SMILES string of the molecule is CC(C)(C)[Si](OC[C@H]1O[C@H]2COC(=O)[C@H]2CCC[C@@H]1I)(c1ccccc1)c1ccccc1. The van der Waals surface area contributed by atoms with Crippen molar-refractivity contribution in [3.8, 4) is 0 Å². The fourth-order valence-electron chi connectivity index (χ4n) is 5.12. The van der Waals surface area contributed by atoms with Crippen molar-refractivity contribution in [2.24, 2.45) is 5.92 Å². The Balaban J connectivity index is 1.67. The predicted molar refractivity (Wildman–Crippen MR) is 138 cm³/mol. The van der Waals surface area contributed by atoms with Gasteiger partial charge in [0.1, 0.15) is 12.7 Å². The molecule has 6 heteroatoms. The molecule has 2 aromatic carbocycles. The Bertz CT molecular complexity index is 860. The van der Waals surface area contributed by atoms with Gasteiger partial charge in [0.15, 0.2) is 0 Å². The zero-order valence-electron chi connectivity index (χ0n) is 19.1. The lowest BCUT2D eigenvalue weighted by atomic mass is 9.95. The number of benzene rings is 2. The second-order valence-corrected chi connectivity index (χ2v) is 15.8. The minimum Gasteiger partial charge on any atom is -0.463 e. The number of alkyl halides is 1. The normalized spacial score (nSPS) is 26.7. The number of carbonyl (C=O) groups is 1. The van der Waals surface area contributed by atoms with Crippen molar-refractivity contribution in [3.63, 3.8) is 0 Å². The van der Waals surface area contributed by atoms with Crippen LogP contribution in [0.5, 0.6) is 0 Å². The van der Waals surface area contributed by atoms with E-state index in [1.54, 1.807) is 0 Å². The van der Waals surface area contributed by atoms with E-state index in [0.717, 1.165) is 19.3 Å². The Morgan fingerprint density at radius 1 is 1.00 bits per heavy atom. The summed E-state index contributed by atoms with van der Waals surface area (Å²) in [6.07, 6.45) is 2.66. The van der Waals surface area contributed by atoms with E-state index >= 15 is 0 Å². The van der Waals surface area contributed by atoms with Crippen LogP contribution in [-0.4, -0.2) is 43.6 Å². The zero-order chi connectivity index (χ0) is 22.8. The molecule has 172 valence electrons. The highest BCUT2D eigenvalue weighted by atomic mass is 127. The number of hydrogen-bond acceptors (Lipinski definition) is 4. The first-order chi connectivity index (χ1) is 15.3. The molecule has 0 amide bonds. The average Bonchev–Trinajstić information content (AvgIpc) is 3.11. The molecule has 0 saturated carbocycles. The first kappa shape index (κ1) is 23.9. The summed E-state index contributed by atoms with van der Waals surface area (Å²) in [5.74, 6) is -0.233. The van der Waals surface area contributed by atoms with Crippen molar-refractivity contribution in [3.05, 3.63) is 60.7 Å². The maximum Gasteiger partial charge on any atom is 0.311 e. The van der Waals surface area contributed by atoms with Crippen LogP contribution >= 0.6 is 22.6 Å². The molecule has 2 aliphatic heterocycles. The third-order valence-corrected chi connectivity index (χ3v) is 13.2. The smallest absolute Gasteiger partial charge is 0.311 e. The van der Waals surface area contributed by atoms with Crippen LogP contribution in [0.4, 0.5) is 0 Å². The molecular weight excluding hydrogens is 531 g/mol. The number of fused-ring (bicyclic) bond motifs is 1. The molecule has 2 heterocycles. The summed E-state index contributed by atoms with van der Waals surface area (Å²) in [7, 11) is -2.62. The second-order valence-electron chi connectivity index (χ2n) is 9.87. The van der Waals surface area contributed by atoms with Gasteiger partial charge in [-0.25, -0.2) is 0 Å². The molecule has 4 rings (SSSR count). The van der Waals surface area contributed by atoms with Gasteiger partial charge in [0.2, 0.25) is 0 Å². The van der Waals surface area contributed by atoms with E-state index < -0.39 is 8.32 Å². The van der Waals surface area contributed by atoms with Gasteiger partial charge in [-0.3, -0.25) is 4.79 Å². The molecule has 0 radical (unpaired) electrons. The van der Waals surface area contributed by atoms with Crippen LogP contribution in [0.25, 0.3) is 0 Å². The molecular formula is C26H33IO4Si. The van der Waals surface area contributed by atoms with Gasteiger partial charge >= 0.3 is 5.97 Å². The molecule has 2 saturated heterocycles. The minimum atomic E-state index is -2.62. The summed E-state index contributed by atoms with van der Waals surface area (Å²) in [6.45, 7) is 7.75. The van der Waals surface area contributed by atoms with Crippen LogP contribution in [0.3, 0.4) is 0 Å². The number of esters is 1. The average molecular weight is 565 g/mol. The van der Waals surface area contributed by atoms with Crippen LogP contribution in [0.2, 0.25) is 5.04 Å². The van der Waals surface area contributed by atoms with Crippen molar-refractivity contribution in [1.82, 2.24) is 0 Å². The van der Waals surface area contributed by atoms with Crippen LogP contribution in [0.1, 0.15) is 40.0 Å². The summed E-state index contributed by atoms with van der Waals surface area (Å²) in [5, 5.41) is 2.46. The number of ether oxygens (including phenoxy) is 2. The summed E-state index contributed by atoms with van der Waals surface area (Å²) >= 11 is 2.51. The third-order valence-electron chi connectivity index (χ3n) is 6.77. The van der Waals surface area contributed by atoms with E-state index in [1.807, 2.05) is 0 Å². The minimum absolute atomic E-state index is 0.0699. The molecule has 2 aromatic rings. The predicted octanol–water partition coefficient (Wildman–Crippen LogP) is 4.48. The van der Waals surface area contributed by atoms with Gasteiger partial charge < -0.3 is 13.9 Å². The molecule has 0 aliphatic carbocycles. The molecule has 4 nitrogen and oxygen atoms in total. The van der Waals surface area contributed by atoms with E-state index in [1.165, 1.54) is 10.4 Å². The third kappa shape index (κ3) is 4.69. The molecule has 0 unspecified atom stereocenters. The number of halogens is 1. The summed E-state index contributed by atoms with van der Waals surface area (Å²) in [6, 6.07) is 21.4. The standard InChI is InChI=1S/C26H33IO4Si/c1-26(2,3)32(19-11-6-4-7-12-19,20-13-8-5-9-14-20)30-18-24-22(27)16-10-15-21-23(31-24)17-29-25(21)28/h4-9,11-14,21-24H,10,15-18H2,1-3H3/t21-,22-,23-,24+/m0/s1. The molecule has 0 aromatic heterocycles. The Hall–Kier alpha value is -1.22. The summed E-state index contributed by atoms with van der Waals surface area (Å²) < 4.78 is 19.3. The molecule has 2 aliphatic rings. The number of hydrogen-bond donors (Lipinski definition) is 0. The first-order valence-electron chi connectivity index (χ1n) is 11.5. The Morgan fingerprint density at radius 2 is 1.59 bits per heavy atom. The Morgan fingerprint density at radius 3 is 2.16 bits per heavy atom. The van der Waals surface area contributed by atoms with Crippen LogP contribution < -0.4 is 10.4 Å². The molecule has 32 heavy (non-hydrogen) atoms. The van der Waals surface area contributed by atoms with E-state index in [0.29, 0.717) is 17.1 Å². The first-order valence-corrected chi connectivity index (χ1v) is 14.7. The van der Waals surface area contributed by atoms with Gasteiger partial charge in [0.25, 0.3) is 8.32 Å². The fraction of sp³-hybridized carbons (Fsp3) is 0.500. The van der Waals surface area contributed by atoms with Gasteiger partial charge in [-0.05, 0) is 28.3 Å². The Kier molecular flexibility index (Phi) is 7.44. The largest absolute Gasteiger partial charge is 0.463 e. The van der Waals surface area contributed by atoms with Gasteiger partial charge in [0.05, 0.1) is 18.6 Å². The maximum atomic E-state index is 12.2. The monoisotopic (exact) mass is 564 g/mol. The van der Waals surface area contributed by atoms with E-state index in [2.05, 4.69) is 104 Å². The Labute approximate surface area is 206 Å². The quantitative estimate of drug-likeness (QED) is 0.233. The van der Waals surface area contributed by atoms with Crippen molar-refractivity contribution >= 4 is 47.3 Å². The lowest BCUT2D eigenvalue weighted by molar-refractivity contribution is -0.141. The molecule has 0 N–H and O–H groups in total. The summed E-state index contributed by atoms with van der Waals surface area (Å²) in [5.41, 5.74) is 0. The highest BCUT2D eigenvalue weighted by Gasteiger charge is 2.51. The van der Waals surface area contributed by atoms with Crippen LogP contribution in [0.15, 0.2) is 60.7 Å². The lowest BCUT2D eigenvalue weighted by Gasteiger charge is -2.44. The molecule has 2 fully saturated rings. The van der Waals surface area contributed by atoms with Gasteiger partial charge in [-0.1, -0.05) is 110 Å². The molecule has 0 spiro atoms. The number of carbonyl (C=O) groups excluding carboxylic acids is 1. The van der Waals surface area contributed by atoms with E-state index in [9.17, 15) is 4.79 Å². The van der Waals surface area contributed by atoms with E-state index in [-0.39, 0.29) is 29.1 Å². The highest BCUT2D eigenvalue weighted by Crippen LogP contribution is 2.38. The maximum absolute atomic E-state index is 12.2. The number of rotatable bonds is 5. The van der Waals surface area contributed by atoms with Crippen LogP contribution in [-0.2, 0) is 18.7 Å². The fourth-order valence-corrected chi connectivity index (χ4v) is 10.5. The lowest BCUT2D eigenvalue weighted by Crippen LogP contribution is -2.67. The second kappa shape index (κ2) is 9.95. The van der Waals surface area contributed by atoms with Crippen molar-refractivity contribution < 1.29 is 18.7 Å². The van der Waals surface area contributed by atoms with Crippen molar-refractivity contribution in [2.45, 2.75) is 61.2 Å². The van der Waals surface area contributed by atoms with Gasteiger partial charge in [-0.2, -0.15) is 0 Å². The van der Waals surface area contributed by atoms with Gasteiger partial charge in [-0.15, -0.1) is 0 Å². The van der Waals surface area contributed by atoms with Crippen molar-refractivity contribution in [1.29, 1.82) is 0 Å². The van der Waals surface area contributed by atoms with Crippen molar-refractivity contribution in [2.75, 3.05) is 13.2 Å².